The molecular formula is C19H28O4. The molecule has 0 saturated heterocycles. The normalized spacial score (nSPS) is 20.3. The first kappa shape index (κ1) is 19.3. The summed E-state index contributed by atoms with van der Waals surface area (Å²) < 4.78 is 4.60. The van der Waals surface area contributed by atoms with Crippen LogP contribution in [0.2, 0.25) is 0 Å². The molecule has 1 aliphatic rings. The highest BCUT2D eigenvalue weighted by molar-refractivity contribution is 5.95. The lowest BCUT2D eigenvalue weighted by molar-refractivity contribution is -0.140. The second-order valence-corrected chi connectivity index (χ2v) is 6.05. The van der Waals surface area contributed by atoms with Gasteiger partial charge in [-0.25, -0.2) is 0 Å². The molecule has 0 unspecified atom stereocenters. The third-order valence-electron chi connectivity index (χ3n) is 4.22. The third kappa shape index (κ3) is 7.40. The lowest BCUT2D eigenvalue weighted by atomic mass is 9.89. The highest BCUT2D eigenvalue weighted by Crippen LogP contribution is 2.28. The quantitative estimate of drug-likeness (QED) is 0.330. The van der Waals surface area contributed by atoms with Crippen LogP contribution in [-0.4, -0.2) is 24.6 Å². The van der Waals surface area contributed by atoms with Crippen LogP contribution in [0.15, 0.2) is 24.3 Å². The zero-order valence-corrected chi connectivity index (χ0v) is 14.3. The topological polar surface area (TPSA) is 60.4 Å². The van der Waals surface area contributed by atoms with Gasteiger partial charge in [0, 0.05) is 24.7 Å². The molecule has 0 heterocycles. The van der Waals surface area contributed by atoms with E-state index in [1.54, 1.807) is 12.2 Å². The number of allylic oxidation sites excluding steroid dienone is 4. The fourth-order valence-electron chi connectivity index (χ4n) is 2.77. The molecule has 0 fully saturated rings. The van der Waals surface area contributed by atoms with Gasteiger partial charge >= 0.3 is 5.97 Å². The van der Waals surface area contributed by atoms with Gasteiger partial charge in [-0.05, 0) is 31.4 Å². The lowest BCUT2D eigenvalue weighted by Crippen LogP contribution is -2.15. The van der Waals surface area contributed by atoms with Crippen molar-refractivity contribution in [1.82, 2.24) is 0 Å². The highest BCUT2D eigenvalue weighted by atomic mass is 16.5. The minimum atomic E-state index is -0.213. The SMILES string of the molecule is CCCCCC(=O)/C=C/[C@H]1C=CC(=O)[C@H]1CCCCC(=O)OC. The Bertz CT molecular complexity index is 462. The number of rotatable bonds is 11. The van der Waals surface area contributed by atoms with Crippen LogP contribution < -0.4 is 0 Å². The summed E-state index contributed by atoms with van der Waals surface area (Å²) in [6.45, 7) is 2.11. The Kier molecular flexibility index (Phi) is 9.18. The molecule has 0 aromatic carbocycles. The summed E-state index contributed by atoms with van der Waals surface area (Å²) in [4.78, 5) is 34.8. The van der Waals surface area contributed by atoms with Crippen LogP contribution in [0.5, 0.6) is 0 Å². The van der Waals surface area contributed by atoms with E-state index < -0.39 is 0 Å². The molecule has 0 N–H and O–H groups in total. The molecule has 1 rings (SSSR count). The number of hydrogen-bond donors (Lipinski definition) is 0. The van der Waals surface area contributed by atoms with E-state index in [4.69, 9.17) is 0 Å². The molecule has 0 bridgehead atoms. The van der Waals surface area contributed by atoms with Crippen molar-refractivity contribution < 1.29 is 19.1 Å². The fourth-order valence-corrected chi connectivity index (χ4v) is 2.77. The Hall–Kier alpha value is -1.71. The molecule has 0 saturated carbocycles. The molecule has 0 aromatic heterocycles. The van der Waals surface area contributed by atoms with E-state index in [2.05, 4.69) is 11.7 Å². The van der Waals surface area contributed by atoms with Crippen molar-refractivity contribution in [2.75, 3.05) is 7.11 Å². The maximum absolute atomic E-state index is 11.9. The summed E-state index contributed by atoms with van der Waals surface area (Å²) in [5, 5.41) is 0. The van der Waals surface area contributed by atoms with Crippen LogP contribution in [0.1, 0.15) is 58.3 Å². The fraction of sp³-hybridized carbons (Fsp3) is 0.632. The molecule has 23 heavy (non-hydrogen) atoms. The van der Waals surface area contributed by atoms with E-state index >= 15 is 0 Å². The Morgan fingerprint density at radius 2 is 1.91 bits per heavy atom. The minimum Gasteiger partial charge on any atom is -0.469 e. The Morgan fingerprint density at radius 3 is 2.61 bits per heavy atom. The minimum absolute atomic E-state index is 0.00996. The largest absolute Gasteiger partial charge is 0.469 e. The van der Waals surface area contributed by atoms with Gasteiger partial charge in [-0.2, -0.15) is 0 Å². The molecule has 128 valence electrons. The van der Waals surface area contributed by atoms with Gasteiger partial charge in [-0.1, -0.05) is 38.3 Å². The number of unbranched alkanes of at least 4 members (excludes halogenated alkanes) is 3. The Labute approximate surface area is 139 Å². The number of ether oxygens (including phenoxy) is 1. The predicted molar refractivity (Wildman–Crippen MR) is 89.9 cm³/mol. The first-order valence-electron chi connectivity index (χ1n) is 8.58. The maximum Gasteiger partial charge on any atom is 0.305 e. The zero-order chi connectivity index (χ0) is 17.1. The molecule has 4 heteroatoms. The van der Waals surface area contributed by atoms with Crippen LogP contribution >= 0.6 is 0 Å². The molecular weight excluding hydrogens is 292 g/mol. The van der Waals surface area contributed by atoms with E-state index in [-0.39, 0.29) is 29.4 Å². The van der Waals surface area contributed by atoms with Gasteiger partial charge in [-0.3, -0.25) is 14.4 Å². The van der Waals surface area contributed by atoms with E-state index in [9.17, 15) is 14.4 Å². The van der Waals surface area contributed by atoms with Crippen LogP contribution in [0.25, 0.3) is 0 Å². The third-order valence-corrected chi connectivity index (χ3v) is 4.22. The smallest absolute Gasteiger partial charge is 0.305 e. The van der Waals surface area contributed by atoms with Crippen molar-refractivity contribution in [3.05, 3.63) is 24.3 Å². The number of methoxy groups -OCH3 is 1. The molecule has 4 nitrogen and oxygen atoms in total. The number of esters is 1. The van der Waals surface area contributed by atoms with Gasteiger partial charge in [0.2, 0.25) is 0 Å². The average molecular weight is 320 g/mol. The standard InChI is InChI=1S/C19H28O4/c1-3-4-5-8-16(20)13-11-15-12-14-18(21)17(15)9-6-7-10-19(22)23-2/h11-15,17H,3-10H2,1-2H3/b13-11+/t15-,17-/m0/s1. The van der Waals surface area contributed by atoms with E-state index in [0.29, 0.717) is 12.8 Å². The van der Waals surface area contributed by atoms with Gasteiger partial charge in [0.25, 0.3) is 0 Å². The molecule has 0 radical (unpaired) electrons. The highest BCUT2D eigenvalue weighted by Gasteiger charge is 2.27. The molecule has 0 aliphatic heterocycles. The monoisotopic (exact) mass is 320 g/mol. The molecule has 0 amide bonds. The van der Waals surface area contributed by atoms with Gasteiger partial charge in [0.05, 0.1) is 7.11 Å². The van der Waals surface area contributed by atoms with E-state index in [1.165, 1.54) is 7.11 Å². The first-order chi connectivity index (χ1) is 11.1. The summed E-state index contributed by atoms with van der Waals surface area (Å²) >= 11 is 0. The second kappa shape index (κ2) is 10.9. The van der Waals surface area contributed by atoms with Gasteiger partial charge in [0.1, 0.15) is 0 Å². The van der Waals surface area contributed by atoms with Crippen molar-refractivity contribution >= 4 is 17.5 Å². The van der Waals surface area contributed by atoms with Crippen molar-refractivity contribution in [3.8, 4) is 0 Å². The number of ketones is 2. The second-order valence-electron chi connectivity index (χ2n) is 6.05. The van der Waals surface area contributed by atoms with Gasteiger partial charge in [-0.15, -0.1) is 0 Å². The molecule has 0 aromatic rings. The van der Waals surface area contributed by atoms with Crippen molar-refractivity contribution in [1.29, 1.82) is 0 Å². The summed E-state index contributed by atoms with van der Waals surface area (Å²) in [5.74, 6) is -0.0372. The summed E-state index contributed by atoms with van der Waals surface area (Å²) in [6, 6.07) is 0. The van der Waals surface area contributed by atoms with E-state index in [0.717, 1.165) is 38.5 Å². The van der Waals surface area contributed by atoms with E-state index in [1.807, 2.05) is 12.2 Å². The summed E-state index contributed by atoms with van der Waals surface area (Å²) in [6.07, 6.45) is 13.3. The maximum atomic E-state index is 11.9. The summed E-state index contributed by atoms with van der Waals surface area (Å²) in [5.41, 5.74) is 0. The number of carbonyl (C=O) groups excluding carboxylic acids is 3. The van der Waals surface area contributed by atoms with Crippen LogP contribution in [0.3, 0.4) is 0 Å². The van der Waals surface area contributed by atoms with Gasteiger partial charge in [0.15, 0.2) is 11.6 Å². The van der Waals surface area contributed by atoms with Crippen molar-refractivity contribution in [3.63, 3.8) is 0 Å². The average Bonchev–Trinajstić information content (AvgIpc) is 2.89. The van der Waals surface area contributed by atoms with Gasteiger partial charge < -0.3 is 4.74 Å². The van der Waals surface area contributed by atoms with Crippen LogP contribution in [0.4, 0.5) is 0 Å². The first-order valence-corrected chi connectivity index (χ1v) is 8.58. The number of hydrogen-bond acceptors (Lipinski definition) is 4. The molecule has 0 spiro atoms. The lowest BCUT2D eigenvalue weighted by Gasteiger charge is -2.14. The van der Waals surface area contributed by atoms with Crippen LogP contribution in [0, 0.1) is 11.8 Å². The van der Waals surface area contributed by atoms with Crippen LogP contribution in [-0.2, 0) is 19.1 Å². The molecule has 1 aliphatic carbocycles. The Morgan fingerprint density at radius 1 is 1.17 bits per heavy atom. The predicted octanol–water partition coefficient (Wildman–Crippen LogP) is 3.80. The zero-order valence-electron chi connectivity index (χ0n) is 14.3. The molecule has 2 atom stereocenters. The van der Waals surface area contributed by atoms with Crippen molar-refractivity contribution in [2.24, 2.45) is 11.8 Å². The Balaban J connectivity index is 2.38. The van der Waals surface area contributed by atoms with Crippen molar-refractivity contribution in [2.45, 2.75) is 58.3 Å². The number of carbonyl (C=O) groups is 3. The summed E-state index contributed by atoms with van der Waals surface area (Å²) in [7, 11) is 1.38.